The molecule has 0 atom stereocenters. The molecule has 25 heavy (non-hydrogen) atoms. The SMILES string of the molecule is Cc1ccc(C)n1-c1ccc(C(=O)NCCCN2CCCC2=O)cc1. The summed E-state index contributed by atoms with van der Waals surface area (Å²) < 4.78 is 2.16. The summed E-state index contributed by atoms with van der Waals surface area (Å²) in [7, 11) is 0. The van der Waals surface area contributed by atoms with E-state index >= 15 is 0 Å². The van der Waals surface area contributed by atoms with Gasteiger partial charge in [0.25, 0.3) is 5.91 Å². The Balaban J connectivity index is 1.52. The zero-order valence-electron chi connectivity index (χ0n) is 14.9. The van der Waals surface area contributed by atoms with Gasteiger partial charge in [-0.25, -0.2) is 0 Å². The summed E-state index contributed by atoms with van der Waals surface area (Å²) in [4.78, 5) is 25.7. The first kappa shape index (κ1) is 17.3. The van der Waals surface area contributed by atoms with Gasteiger partial charge in [-0.15, -0.1) is 0 Å². The lowest BCUT2D eigenvalue weighted by atomic mass is 10.2. The third kappa shape index (κ3) is 3.92. The number of benzene rings is 1. The van der Waals surface area contributed by atoms with Crippen LogP contribution in [0, 0.1) is 13.8 Å². The van der Waals surface area contributed by atoms with Crippen molar-refractivity contribution in [2.75, 3.05) is 19.6 Å². The molecule has 1 saturated heterocycles. The number of rotatable bonds is 6. The second-order valence-corrected chi connectivity index (χ2v) is 6.59. The molecule has 5 nitrogen and oxygen atoms in total. The van der Waals surface area contributed by atoms with Crippen LogP contribution in [0.25, 0.3) is 5.69 Å². The summed E-state index contributed by atoms with van der Waals surface area (Å²) in [5.41, 5.74) is 4.06. The normalized spacial score (nSPS) is 14.2. The lowest BCUT2D eigenvalue weighted by molar-refractivity contribution is -0.127. The zero-order chi connectivity index (χ0) is 17.8. The van der Waals surface area contributed by atoms with Gasteiger partial charge in [0.15, 0.2) is 0 Å². The molecule has 1 fully saturated rings. The number of likely N-dealkylation sites (tertiary alicyclic amines) is 1. The van der Waals surface area contributed by atoms with E-state index in [9.17, 15) is 9.59 Å². The van der Waals surface area contributed by atoms with Crippen LogP contribution in [0.2, 0.25) is 0 Å². The Morgan fingerprint density at radius 3 is 2.36 bits per heavy atom. The fraction of sp³-hybridized carbons (Fsp3) is 0.400. The topological polar surface area (TPSA) is 54.3 Å². The number of hydrogen-bond acceptors (Lipinski definition) is 2. The first-order chi connectivity index (χ1) is 12.1. The van der Waals surface area contributed by atoms with Crippen molar-refractivity contribution in [3.8, 4) is 5.69 Å². The lowest BCUT2D eigenvalue weighted by Gasteiger charge is -2.15. The van der Waals surface area contributed by atoms with E-state index in [1.54, 1.807) is 0 Å². The number of carbonyl (C=O) groups is 2. The largest absolute Gasteiger partial charge is 0.352 e. The molecule has 0 spiro atoms. The number of carbonyl (C=O) groups excluding carboxylic acids is 2. The van der Waals surface area contributed by atoms with Crippen molar-refractivity contribution < 1.29 is 9.59 Å². The average Bonchev–Trinajstić information content (AvgIpc) is 3.17. The Bertz CT molecular complexity index is 742. The zero-order valence-corrected chi connectivity index (χ0v) is 14.9. The monoisotopic (exact) mass is 339 g/mol. The molecule has 1 aliphatic rings. The molecule has 132 valence electrons. The van der Waals surface area contributed by atoms with E-state index in [2.05, 4.69) is 35.9 Å². The van der Waals surface area contributed by atoms with Crippen LogP contribution in [0.4, 0.5) is 0 Å². The smallest absolute Gasteiger partial charge is 0.251 e. The first-order valence-corrected chi connectivity index (χ1v) is 8.87. The van der Waals surface area contributed by atoms with Gasteiger partial charge in [-0.1, -0.05) is 0 Å². The van der Waals surface area contributed by atoms with Crippen LogP contribution in [0.3, 0.4) is 0 Å². The molecule has 0 saturated carbocycles. The van der Waals surface area contributed by atoms with E-state index in [0.717, 1.165) is 31.6 Å². The molecule has 2 aromatic rings. The van der Waals surface area contributed by atoms with Gasteiger partial charge in [0, 0.05) is 48.7 Å². The van der Waals surface area contributed by atoms with Crippen LogP contribution in [0.15, 0.2) is 36.4 Å². The number of nitrogens with zero attached hydrogens (tertiary/aromatic N) is 2. The van der Waals surface area contributed by atoms with Crippen LogP contribution in [0.1, 0.15) is 41.0 Å². The van der Waals surface area contributed by atoms with Crippen molar-refractivity contribution in [1.82, 2.24) is 14.8 Å². The van der Waals surface area contributed by atoms with Gasteiger partial charge < -0.3 is 14.8 Å². The number of amides is 2. The van der Waals surface area contributed by atoms with Crippen LogP contribution in [-0.2, 0) is 4.79 Å². The van der Waals surface area contributed by atoms with E-state index in [4.69, 9.17) is 0 Å². The predicted molar refractivity (Wildman–Crippen MR) is 98.0 cm³/mol. The van der Waals surface area contributed by atoms with Crippen molar-refractivity contribution in [2.45, 2.75) is 33.1 Å². The van der Waals surface area contributed by atoms with Gasteiger partial charge in [0.2, 0.25) is 5.91 Å². The van der Waals surface area contributed by atoms with Gasteiger partial charge in [-0.2, -0.15) is 0 Å². The third-order valence-electron chi connectivity index (χ3n) is 4.72. The van der Waals surface area contributed by atoms with Crippen LogP contribution in [0.5, 0.6) is 0 Å². The van der Waals surface area contributed by atoms with Gasteiger partial charge in [0.05, 0.1) is 0 Å². The summed E-state index contributed by atoms with van der Waals surface area (Å²) in [5.74, 6) is 0.165. The van der Waals surface area contributed by atoms with Gasteiger partial charge in [-0.3, -0.25) is 9.59 Å². The van der Waals surface area contributed by atoms with Crippen molar-refractivity contribution in [1.29, 1.82) is 0 Å². The average molecular weight is 339 g/mol. The molecule has 0 aliphatic carbocycles. The Kier molecular flexibility index (Phi) is 5.22. The summed E-state index contributed by atoms with van der Waals surface area (Å²) >= 11 is 0. The minimum Gasteiger partial charge on any atom is -0.352 e. The Labute approximate surface area is 148 Å². The highest BCUT2D eigenvalue weighted by atomic mass is 16.2. The molecule has 0 radical (unpaired) electrons. The molecule has 2 heterocycles. The Hall–Kier alpha value is -2.56. The van der Waals surface area contributed by atoms with Crippen LogP contribution < -0.4 is 5.32 Å². The summed E-state index contributed by atoms with van der Waals surface area (Å²) in [6.45, 7) is 6.30. The van der Waals surface area contributed by atoms with Crippen LogP contribution in [-0.4, -0.2) is 40.9 Å². The second-order valence-electron chi connectivity index (χ2n) is 6.59. The standard InChI is InChI=1S/C20H25N3O2/c1-15-6-7-16(2)23(15)18-10-8-17(9-11-18)20(25)21-12-4-14-22-13-3-5-19(22)24/h6-11H,3-5,12-14H2,1-2H3,(H,21,25). The summed E-state index contributed by atoms with van der Waals surface area (Å²) in [6, 6.07) is 11.8. The highest BCUT2D eigenvalue weighted by Crippen LogP contribution is 2.17. The second kappa shape index (κ2) is 7.55. The maximum atomic E-state index is 12.2. The first-order valence-electron chi connectivity index (χ1n) is 8.87. The maximum Gasteiger partial charge on any atom is 0.251 e. The van der Waals surface area contributed by atoms with Gasteiger partial charge >= 0.3 is 0 Å². The minimum atomic E-state index is -0.0692. The molecule has 5 heteroatoms. The van der Waals surface area contributed by atoms with E-state index in [1.165, 1.54) is 11.4 Å². The van der Waals surface area contributed by atoms with Crippen molar-refractivity contribution in [2.24, 2.45) is 0 Å². The predicted octanol–water partition coefficient (Wildman–Crippen LogP) is 2.84. The lowest BCUT2D eigenvalue weighted by Crippen LogP contribution is -2.30. The summed E-state index contributed by atoms with van der Waals surface area (Å²) in [6.07, 6.45) is 2.41. The molecule has 0 bridgehead atoms. The van der Waals surface area contributed by atoms with Crippen molar-refractivity contribution in [3.63, 3.8) is 0 Å². The molecule has 1 N–H and O–H groups in total. The van der Waals surface area contributed by atoms with E-state index in [1.807, 2.05) is 29.2 Å². The molecule has 1 aromatic carbocycles. The van der Waals surface area contributed by atoms with Crippen molar-refractivity contribution >= 4 is 11.8 Å². The number of aromatic nitrogens is 1. The molecule has 3 rings (SSSR count). The van der Waals surface area contributed by atoms with E-state index in [-0.39, 0.29) is 11.8 Å². The Morgan fingerprint density at radius 1 is 1.08 bits per heavy atom. The molecule has 1 aromatic heterocycles. The molecular weight excluding hydrogens is 314 g/mol. The number of hydrogen-bond donors (Lipinski definition) is 1. The summed E-state index contributed by atoms with van der Waals surface area (Å²) in [5, 5.41) is 2.93. The van der Waals surface area contributed by atoms with E-state index < -0.39 is 0 Å². The molecule has 1 aliphatic heterocycles. The Morgan fingerprint density at radius 2 is 1.76 bits per heavy atom. The van der Waals surface area contributed by atoms with Gasteiger partial charge in [-0.05, 0) is 63.1 Å². The quantitative estimate of drug-likeness (QED) is 0.823. The number of nitrogens with one attached hydrogen (secondary N) is 1. The fourth-order valence-electron chi connectivity index (χ4n) is 3.35. The maximum absolute atomic E-state index is 12.2. The van der Waals surface area contributed by atoms with Gasteiger partial charge in [0.1, 0.15) is 0 Å². The third-order valence-corrected chi connectivity index (χ3v) is 4.72. The number of aryl methyl sites for hydroxylation is 2. The molecule has 0 unspecified atom stereocenters. The van der Waals surface area contributed by atoms with E-state index in [0.29, 0.717) is 18.5 Å². The minimum absolute atomic E-state index is 0.0692. The highest BCUT2D eigenvalue weighted by Gasteiger charge is 2.19. The molecular formula is C20H25N3O2. The fourth-order valence-corrected chi connectivity index (χ4v) is 3.35. The molecule has 2 amide bonds. The highest BCUT2D eigenvalue weighted by molar-refractivity contribution is 5.94. The van der Waals surface area contributed by atoms with Crippen LogP contribution >= 0.6 is 0 Å². The van der Waals surface area contributed by atoms with Crippen molar-refractivity contribution in [3.05, 3.63) is 53.3 Å².